The third-order valence-corrected chi connectivity index (χ3v) is 2.97. The lowest BCUT2D eigenvalue weighted by atomic mass is 10.1. The highest BCUT2D eigenvalue weighted by Crippen LogP contribution is 2.17. The number of halogens is 2. The molecule has 1 aromatic rings. The normalized spacial score (nSPS) is 19.2. The lowest BCUT2D eigenvalue weighted by Gasteiger charge is -2.29. The Balaban J connectivity index is 1.98. The third kappa shape index (κ3) is 3.21. The highest BCUT2D eigenvalue weighted by molar-refractivity contribution is 5.20. The molecule has 0 spiro atoms. The van der Waals surface area contributed by atoms with Crippen molar-refractivity contribution in [1.29, 1.82) is 0 Å². The lowest BCUT2D eigenvalue weighted by molar-refractivity contribution is 0.105. The summed E-state index contributed by atoms with van der Waals surface area (Å²) in [6.07, 6.45) is -0.775. The zero-order valence-electron chi connectivity index (χ0n) is 9.50. The zero-order valence-corrected chi connectivity index (χ0v) is 9.50. The van der Waals surface area contributed by atoms with Gasteiger partial charge in [0.05, 0.1) is 6.10 Å². The maximum atomic E-state index is 13.0. The van der Waals surface area contributed by atoms with Crippen LogP contribution in [0.1, 0.15) is 11.7 Å². The van der Waals surface area contributed by atoms with Gasteiger partial charge in [-0.1, -0.05) is 6.07 Å². The number of aliphatic hydroxyl groups excluding tert-OH is 1. The Labute approximate surface area is 99.1 Å². The van der Waals surface area contributed by atoms with Crippen LogP contribution in [0.2, 0.25) is 0 Å². The van der Waals surface area contributed by atoms with Crippen LogP contribution >= 0.6 is 0 Å². The molecule has 1 saturated heterocycles. The van der Waals surface area contributed by atoms with Crippen LogP contribution in [-0.4, -0.2) is 42.7 Å². The van der Waals surface area contributed by atoms with Crippen molar-refractivity contribution < 1.29 is 13.9 Å². The summed E-state index contributed by atoms with van der Waals surface area (Å²) in [6.45, 7) is 3.96. The summed E-state index contributed by atoms with van der Waals surface area (Å²) in [6, 6.07) is 3.53. The van der Waals surface area contributed by atoms with E-state index in [1.165, 1.54) is 6.07 Å². The number of nitrogens with one attached hydrogen (secondary N) is 1. The Morgan fingerprint density at radius 1 is 1.24 bits per heavy atom. The molecule has 2 N–H and O–H groups in total. The van der Waals surface area contributed by atoms with Crippen molar-refractivity contribution in [2.75, 3.05) is 32.7 Å². The van der Waals surface area contributed by atoms with Gasteiger partial charge in [0.2, 0.25) is 0 Å². The Hall–Kier alpha value is -1.04. The predicted octanol–water partition coefficient (Wildman–Crippen LogP) is 0.903. The van der Waals surface area contributed by atoms with Gasteiger partial charge in [-0.25, -0.2) is 8.78 Å². The topological polar surface area (TPSA) is 35.5 Å². The molecule has 94 valence electrons. The number of piperazine rings is 1. The fraction of sp³-hybridized carbons (Fsp3) is 0.500. The SMILES string of the molecule is OC(CN1CCNCC1)c1ccc(F)c(F)c1. The fourth-order valence-electron chi connectivity index (χ4n) is 1.96. The summed E-state index contributed by atoms with van der Waals surface area (Å²) in [5.74, 6) is -1.80. The first-order valence-electron chi connectivity index (χ1n) is 5.73. The van der Waals surface area contributed by atoms with E-state index < -0.39 is 17.7 Å². The van der Waals surface area contributed by atoms with Gasteiger partial charge < -0.3 is 10.4 Å². The number of β-amino-alcohol motifs (C(OH)–C–C–N with tert-alkyl or cyclic N) is 1. The standard InChI is InChI=1S/C12H16F2N2O/c13-10-2-1-9(7-11(10)14)12(17)8-16-5-3-15-4-6-16/h1-2,7,12,15,17H,3-6,8H2. The number of aliphatic hydroxyl groups is 1. The van der Waals surface area contributed by atoms with Gasteiger partial charge in [0, 0.05) is 32.7 Å². The van der Waals surface area contributed by atoms with Gasteiger partial charge in [0.25, 0.3) is 0 Å². The van der Waals surface area contributed by atoms with Crippen LogP contribution in [0.15, 0.2) is 18.2 Å². The summed E-state index contributed by atoms with van der Waals surface area (Å²) >= 11 is 0. The molecule has 2 rings (SSSR count). The predicted molar refractivity (Wildman–Crippen MR) is 60.6 cm³/mol. The molecule has 1 heterocycles. The monoisotopic (exact) mass is 242 g/mol. The van der Waals surface area contributed by atoms with Crippen LogP contribution in [0.5, 0.6) is 0 Å². The van der Waals surface area contributed by atoms with E-state index >= 15 is 0 Å². The summed E-state index contributed by atoms with van der Waals surface area (Å²) < 4.78 is 25.8. The Kier molecular flexibility index (Phi) is 4.04. The molecule has 1 unspecified atom stereocenters. The summed E-state index contributed by atoms with van der Waals surface area (Å²) in [4.78, 5) is 2.10. The summed E-state index contributed by atoms with van der Waals surface area (Å²) in [5.41, 5.74) is 0.419. The summed E-state index contributed by atoms with van der Waals surface area (Å²) in [5, 5.41) is 13.1. The molecule has 1 aliphatic rings. The maximum absolute atomic E-state index is 13.0. The molecule has 5 heteroatoms. The van der Waals surface area contributed by atoms with E-state index in [2.05, 4.69) is 10.2 Å². The van der Waals surface area contributed by atoms with Crippen LogP contribution < -0.4 is 5.32 Å². The molecule has 0 bridgehead atoms. The van der Waals surface area contributed by atoms with E-state index in [1.807, 2.05) is 0 Å². The molecular formula is C12H16F2N2O. The molecule has 1 aliphatic heterocycles. The van der Waals surface area contributed by atoms with E-state index in [9.17, 15) is 13.9 Å². The molecule has 3 nitrogen and oxygen atoms in total. The molecule has 1 atom stereocenters. The van der Waals surface area contributed by atoms with Crippen molar-refractivity contribution in [3.63, 3.8) is 0 Å². The van der Waals surface area contributed by atoms with Gasteiger partial charge in [-0.05, 0) is 17.7 Å². The molecule has 0 radical (unpaired) electrons. The smallest absolute Gasteiger partial charge is 0.159 e. The second-order valence-corrected chi connectivity index (χ2v) is 4.24. The van der Waals surface area contributed by atoms with Crippen LogP contribution in [0.25, 0.3) is 0 Å². The first-order valence-corrected chi connectivity index (χ1v) is 5.73. The quantitative estimate of drug-likeness (QED) is 0.826. The molecule has 1 aromatic carbocycles. The van der Waals surface area contributed by atoms with Gasteiger partial charge in [-0.2, -0.15) is 0 Å². The van der Waals surface area contributed by atoms with Gasteiger partial charge in [0.15, 0.2) is 11.6 Å². The molecular weight excluding hydrogens is 226 g/mol. The number of hydrogen-bond acceptors (Lipinski definition) is 3. The Morgan fingerprint density at radius 3 is 2.59 bits per heavy atom. The lowest BCUT2D eigenvalue weighted by Crippen LogP contribution is -2.44. The van der Waals surface area contributed by atoms with Crippen molar-refractivity contribution in [2.24, 2.45) is 0 Å². The van der Waals surface area contributed by atoms with Gasteiger partial charge in [0.1, 0.15) is 0 Å². The van der Waals surface area contributed by atoms with E-state index in [0.29, 0.717) is 12.1 Å². The number of rotatable bonds is 3. The first-order chi connectivity index (χ1) is 8.16. The largest absolute Gasteiger partial charge is 0.387 e. The molecule has 0 aliphatic carbocycles. The number of benzene rings is 1. The highest BCUT2D eigenvalue weighted by Gasteiger charge is 2.16. The van der Waals surface area contributed by atoms with Crippen molar-refractivity contribution in [2.45, 2.75) is 6.10 Å². The van der Waals surface area contributed by atoms with E-state index in [0.717, 1.165) is 38.3 Å². The average molecular weight is 242 g/mol. The van der Waals surface area contributed by atoms with Gasteiger partial charge in [-0.15, -0.1) is 0 Å². The minimum absolute atomic E-state index is 0.419. The van der Waals surface area contributed by atoms with Crippen LogP contribution in [0, 0.1) is 11.6 Å². The van der Waals surface area contributed by atoms with Crippen LogP contribution in [0.3, 0.4) is 0 Å². The maximum Gasteiger partial charge on any atom is 0.159 e. The molecule has 1 fully saturated rings. The van der Waals surface area contributed by atoms with E-state index in [-0.39, 0.29) is 0 Å². The van der Waals surface area contributed by atoms with Crippen molar-refractivity contribution in [1.82, 2.24) is 10.2 Å². The average Bonchev–Trinajstić information content (AvgIpc) is 2.34. The van der Waals surface area contributed by atoms with Gasteiger partial charge in [-0.3, -0.25) is 4.90 Å². The molecule has 0 saturated carbocycles. The molecule has 17 heavy (non-hydrogen) atoms. The first kappa shape index (κ1) is 12.4. The van der Waals surface area contributed by atoms with Crippen LogP contribution in [0.4, 0.5) is 8.78 Å². The number of hydrogen-bond donors (Lipinski definition) is 2. The molecule has 0 aromatic heterocycles. The summed E-state index contributed by atoms with van der Waals surface area (Å²) in [7, 11) is 0. The second kappa shape index (κ2) is 5.53. The Morgan fingerprint density at radius 2 is 1.94 bits per heavy atom. The fourth-order valence-corrected chi connectivity index (χ4v) is 1.96. The van der Waals surface area contributed by atoms with Gasteiger partial charge >= 0.3 is 0 Å². The van der Waals surface area contributed by atoms with Crippen molar-refractivity contribution >= 4 is 0 Å². The third-order valence-electron chi connectivity index (χ3n) is 2.97. The van der Waals surface area contributed by atoms with Crippen molar-refractivity contribution in [3.05, 3.63) is 35.4 Å². The minimum atomic E-state index is -0.915. The van der Waals surface area contributed by atoms with Crippen LogP contribution in [-0.2, 0) is 0 Å². The highest BCUT2D eigenvalue weighted by atomic mass is 19.2. The van der Waals surface area contributed by atoms with Crippen molar-refractivity contribution in [3.8, 4) is 0 Å². The van der Waals surface area contributed by atoms with E-state index in [4.69, 9.17) is 0 Å². The van der Waals surface area contributed by atoms with E-state index in [1.54, 1.807) is 0 Å². The molecule has 0 amide bonds. The number of nitrogens with zero attached hydrogens (tertiary/aromatic N) is 1. The zero-order chi connectivity index (χ0) is 12.3. The Bertz CT molecular complexity index is 381. The second-order valence-electron chi connectivity index (χ2n) is 4.24. The minimum Gasteiger partial charge on any atom is -0.387 e.